The van der Waals surface area contributed by atoms with Crippen LogP contribution in [0, 0.1) is 6.92 Å². The van der Waals surface area contributed by atoms with Crippen LogP contribution in [0.4, 0.5) is 0 Å². The van der Waals surface area contributed by atoms with Crippen molar-refractivity contribution >= 4 is 39.4 Å². The Morgan fingerprint density at radius 2 is 2.07 bits per heavy atom. The van der Waals surface area contributed by atoms with E-state index in [4.69, 9.17) is 4.74 Å². The summed E-state index contributed by atoms with van der Waals surface area (Å²) in [5.74, 6) is 0.00986. The average Bonchev–Trinajstić information content (AvgIpc) is 3.40. The number of fused-ring (bicyclic) bond motifs is 1. The molecule has 0 bridgehead atoms. The van der Waals surface area contributed by atoms with E-state index in [1.54, 1.807) is 17.4 Å². The largest absolute Gasteiger partial charge is 0.423 e. The molecule has 30 heavy (non-hydrogen) atoms. The quantitative estimate of drug-likeness (QED) is 0.246. The predicted molar refractivity (Wildman–Crippen MR) is 121 cm³/mol. The third-order valence-electron chi connectivity index (χ3n) is 4.84. The lowest BCUT2D eigenvalue weighted by Gasteiger charge is -2.17. The molecule has 0 unspecified atom stereocenters. The Kier molecular flexibility index (Phi) is 5.59. The molecule has 4 rings (SSSR count). The first kappa shape index (κ1) is 19.8. The fourth-order valence-corrected chi connectivity index (χ4v) is 4.38. The van der Waals surface area contributed by atoms with Gasteiger partial charge in [0.1, 0.15) is 5.75 Å². The van der Waals surface area contributed by atoms with E-state index in [1.807, 2.05) is 43.6 Å². The number of hydrogen-bond donors (Lipinski definition) is 1. The first-order valence-corrected chi connectivity index (χ1v) is 10.5. The summed E-state index contributed by atoms with van der Waals surface area (Å²) in [7, 11) is 0. The Balaban J connectivity index is 2.00. The van der Waals surface area contributed by atoms with Gasteiger partial charge >= 0.3 is 5.97 Å². The van der Waals surface area contributed by atoms with Crippen molar-refractivity contribution in [3.05, 3.63) is 88.5 Å². The lowest BCUT2D eigenvalue weighted by atomic mass is 9.90. The molecule has 0 fully saturated rings. The molecule has 5 nitrogen and oxygen atoms in total. The van der Waals surface area contributed by atoms with E-state index in [0.29, 0.717) is 5.75 Å². The van der Waals surface area contributed by atoms with Gasteiger partial charge in [0.25, 0.3) is 0 Å². The number of esters is 1. The van der Waals surface area contributed by atoms with Gasteiger partial charge in [-0.25, -0.2) is 9.78 Å². The number of aryl methyl sites for hydroxylation is 1. The number of hydrogen-bond acceptors (Lipinski definition) is 5. The Morgan fingerprint density at radius 3 is 2.80 bits per heavy atom. The average molecular weight is 416 g/mol. The highest BCUT2D eigenvalue weighted by Crippen LogP contribution is 2.40. The molecule has 0 aliphatic heterocycles. The van der Waals surface area contributed by atoms with Gasteiger partial charge in [-0.1, -0.05) is 37.8 Å². The maximum absolute atomic E-state index is 12.0. The molecule has 0 saturated heterocycles. The lowest BCUT2D eigenvalue weighted by molar-refractivity contribution is -0.128. The van der Waals surface area contributed by atoms with E-state index in [2.05, 4.69) is 40.8 Å². The standard InChI is InChI=1S/C24H21N3O2S/c1-4-18(22-14-25-15(3)30-22)24(16-10-11-20-17(12-16)13-26-27-20)19-8-6-7-9-21(19)29-23(28)5-2/h5-14H,2,4H2,1,3H3,(H,26,27)/b24-18+. The molecule has 6 heteroatoms. The maximum Gasteiger partial charge on any atom is 0.335 e. The van der Waals surface area contributed by atoms with E-state index in [-0.39, 0.29) is 0 Å². The Hall–Kier alpha value is -3.51. The number of thiazole rings is 1. The molecule has 0 radical (unpaired) electrons. The second kappa shape index (κ2) is 8.47. The van der Waals surface area contributed by atoms with Gasteiger partial charge in [0.2, 0.25) is 0 Å². The summed E-state index contributed by atoms with van der Waals surface area (Å²) >= 11 is 1.66. The summed E-state index contributed by atoms with van der Waals surface area (Å²) in [5, 5.41) is 9.16. The summed E-state index contributed by atoms with van der Waals surface area (Å²) in [6.45, 7) is 7.64. The first-order chi connectivity index (χ1) is 14.6. The zero-order valence-electron chi connectivity index (χ0n) is 16.8. The summed E-state index contributed by atoms with van der Waals surface area (Å²) < 4.78 is 5.58. The number of nitrogens with one attached hydrogen (secondary N) is 1. The van der Waals surface area contributed by atoms with Gasteiger partial charge < -0.3 is 4.74 Å². The molecule has 1 N–H and O–H groups in total. The number of carbonyl (C=O) groups is 1. The van der Waals surface area contributed by atoms with Gasteiger partial charge in [0.05, 0.1) is 21.6 Å². The Morgan fingerprint density at radius 1 is 1.23 bits per heavy atom. The van der Waals surface area contributed by atoms with Crippen LogP contribution in [0.5, 0.6) is 5.75 Å². The Labute approximate surface area is 178 Å². The highest BCUT2D eigenvalue weighted by molar-refractivity contribution is 7.12. The number of aromatic nitrogens is 3. The molecule has 0 saturated carbocycles. The number of ether oxygens (including phenoxy) is 1. The minimum Gasteiger partial charge on any atom is -0.423 e. The van der Waals surface area contributed by atoms with Gasteiger partial charge in [-0.05, 0) is 48.3 Å². The fraction of sp³-hybridized carbons (Fsp3) is 0.125. The van der Waals surface area contributed by atoms with Crippen LogP contribution in [0.2, 0.25) is 0 Å². The molecular formula is C24H21N3O2S. The van der Waals surface area contributed by atoms with E-state index in [1.165, 1.54) is 6.08 Å². The van der Waals surface area contributed by atoms with E-state index >= 15 is 0 Å². The number of carbonyl (C=O) groups excluding carboxylic acids is 1. The zero-order valence-corrected chi connectivity index (χ0v) is 17.6. The molecule has 2 heterocycles. The molecule has 0 spiro atoms. The predicted octanol–water partition coefficient (Wildman–Crippen LogP) is 5.79. The highest BCUT2D eigenvalue weighted by Gasteiger charge is 2.19. The fourth-order valence-electron chi connectivity index (χ4n) is 3.48. The van der Waals surface area contributed by atoms with Crippen LogP contribution in [-0.4, -0.2) is 21.2 Å². The minimum absolute atomic E-state index is 0.487. The van der Waals surface area contributed by atoms with Crippen LogP contribution in [0.3, 0.4) is 0 Å². The summed E-state index contributed by atoms with van der Waals surface area (Å²) in [4.78, 5) is 17.5. The maximum atomic E-state index is 12.0. The summed E-state index contributed by atoms with van der Waals surface area (Å²) in [6.07, 6.45) is 5.69. The topological polar surface area (TPSA) is 67.9 Å². The van der Waals surface area contributed by atoms with Crippen molar-refractivity contribution in [1.29, 1.82) is 0 Å². The monoisotopic (exact) mass is 415 g/mol. The van der Waals surface area contributed by atoms with E-state index < -0.39 is 5.97 Å². The SMILES string of the molecule is C=CC(=O)Oc1ccccc1/C(=C(\CC)c1cnc(C)s1)c1ccc2[nH]ncc2c1. The number of rotatable bonds is 6. The van der Waals surface area contributed by atoms with Crippen LogP contribution in [0.25, 0.3) is 22.0 Å². The van der Waals surface area contributed by atoms with Crippen molar-refractivity contribution in [3.8, 4) is 5.75 Å². The molecular weight excluding hydrogens is 394 g/mol. The number of para-hydroxylation sites is 1. The highest BCUT2D eigenvalue weighted by atomic mass is 32.1. The van der Waals surface area contributed by atoms with Gasteiger partial charge in [0.15, 0.2) is 0 Å². The minimum atomic E-state index is -0.487. The van der Waals surface area contributed by atoms with E-state index in [9.17, 15) is 4.79 Å². The van der Waals surface area contributed by atoms with Gasteiger partial charge in [-0.15, -0.1) is 11.3 Å². The van der Waals surface area contributed by atoms with E-state index in [0.717, 1.165) is 49.5 Å². The molecule has 4 aromatic rings. The van der Waals surface area contributed by atoms with Crippen LogP contribution in [0.15, 0.2) is 67.5 Å². The molecule has 0 atom stereocenters. The second-order valence-corrected chi connectivity index (χ2v) is 7.98. The van der Waals surface area contributed by atoms with Crippen LogP contribution in [0.1, 0.15) is 34.4 Å². The number of nitrogens with zero attached hydrogens (tertiary/aromatic N) is 2. The number of aromatic amines is 1. The van der Waals surface area contributed by atoms with Crippen molar-refractivity contribution in [1.82, 2.24) is 15.2 Å². The molecule has 0 aliphatic rings. The summed E-state index contributed by atoms with van der Waals surface area (Å²) in [6, 6.07) is 13.8. The smallest absolute Gasteiger partial charge is 0.335 e. The van der Waals surface area contributed by atoms with Gasteiger partial charge in [0, 0.05) is 23.2 Å². The number of allylic oxidation sites excluding steroid dienone is 1. The van der Waals surface area contributed by atoms with Crippen molar-refractivity contribution in [3.63, 3.8) is 0 Å². The molecule has 2 aromatic carbocycles. The third kappa shape index (κ3) is 3.82. The molecule has 0 aliphatic carbocycles. The molecule has 2 aromatic heterocycles. The van der Waals surface area contributed by atoms with Crippen LogP contribution in [-0.2, 0) is 4.79 Å². The normalized spacial score (nSPS) is 11.9. The zero-order chi connectivity index (χ0) is 21.1. The molecule has 150 valence electrons. The van der Waals surface area contributed by atoms with Crippen LogP contribution >= 0.6 is 11.3 Å². The van der Waals surface area contributed by atoms with Gasteiger partial charge in [-0.2, -0.15) is 5.10 Å². The molecule has 0 amide bonds. The summed E-state index contributed by atoms with van der Waals surface area (Å²) in [5.41, 5.74) is 4.99. The lowest BCUT2D eigenvalue weighted by Crippen LogP contribution is -2.06. The number of H-pyrrole nitrogens is 1. The first-order valence-electron chi connectivity index (χ1n) is 9.63. The van der Waals surface area contributed by atoms with Gasteiger partial charge in [-0.3, -0.25) is 5.10 Å². The van der Waals surface area contributed by atoms with Crippen molar-refractivity contribution in [2.24, 2.45) is 0 Å². The Bertz CT molecular complexity index is 1270. The van der Waals surface area contributed by atoms with Crippen molar-refractivity contribution in [2.45, 2.75) is 20.3 Å². The van der Waals surface area contributed by atoms with Crippen molar-refractivity contribution < 1.29 is 9.53 Å². The number of benzene rings is 2. The third-order valence-corrected chi connectivity index (χ3v) is 5.81. The van der Waals surface area contributed by atoms with Crippen molar-refractivity contribution in [2.75, 3.05) is 0 Å². The van der Waals surface area contributed by atoms with Crippen LogP contribution < -0.4 is 4.74 Å². The second-order valence-electron chi connectivity index (χ2n) is 6.74.